The van der Waals surface area contributed by atoms with E-state index in [0.717, 1.165) is 0 Å². The zero-order valence-corrected chi connectivity index (χ0v) is 3.27. The molecule has 7 heavy (non-hydrogen) atoms. The third-order valence-corrected chi connectivity index (χ3v) is 0. The molecular formula is H5LiMnO4Sr. The first kappa shape index (κ1) is 16.1. The Labute approximate surface area is 92.0 Å². The van der Waals surface area contributed by atoms with Gasteiger partial charge in [0.2, 0.25) is 0 Å². The standard InChI is InChI=1S/Li.Mn.2H2O.2O.Sr.3H/h;;2*1H2;;;;;;/q;+2;;;;;;;;/p-2. The van der Waals surface area contributed by atoms with Gasteiger partial charge in [-0.25, -0.2) is 0 Å². The Bertz CT molecular complexity index is 94.9. The van der Waals surface area contributed by atoms with Gasteiger partial charge in [-0.2, -0.15) is 0 Å². The van der Waals surface area contributed by atoms with Crippen molar-refractivity contribution >= 4 is 64.3 Å². The second-order valence-electron chi connectivity index (χ2n) is 0.415. The summed E-state index contributed by atoms with van der Waals surface area (Å²) < 4.78 is 31.8. The minimum atomic E-state index is -5.12. The Kier molecular flexibility index (Phi) is 14.3. The third kappa shape index (κ3) is 67.8. The van der Waals surface area contributed by atoms with Gasteiger partial charge in [0.25, 0.3) is 0 Å². The van der Waals surface area contributed by atoms with Crippen LogP contribution in [0.1, 0.15) is 0 Å². The van der Waals surface area contributed by atoms with Crippen molar-refractivity contribution in [2.24, 2.45) is 0 Å². The zero-order chi connectivity index (χ0) is 4.50. The zero-order valence-electron chi connectivity index (χ0n) is 2.09. The Morgan fingerprint density at radius 3 is 1.14 bits per heavy atom. The molecule has 0 fully saturated rings. The molecule has 0 aliphatic rings. The van der Waals surface area contributed by atoms with Crippen LogP contribution in [-0.2, 0) is 21.0 Å². The first-order valence-electron chi connectivity index (χ1n) is 0.647. The maximum absolute atomic E-state index is 8.80. The van der Waals surface area contributed by atoms with Gasteiger partial charge in [-0.05, 0) is 0 Å². The maximum atomic E-state index is 8.80. The van der Waals surface area contributed by atoms with Crippen LogP contribution in [0, 0.1) is 0 Å². The fourth-order valence-electron chi connectivity index (χ4n) is 0. The van der Waals surface area contributed by atoms with E-state index in [1.807, 2.05) is 0 Å². The Morgan fingerprint density at radius 2 is 1.14 bits per heavy atom. The first-order chi connectivity index (χ1) is 2.00. The molecule has 0 bridgehead atoms. The predicted octanol–water partition coefficient (Wildman–Crippen LogP) is -2.92. The molecule has 4 nitrogen and oxygen atoms in total. The topological polar surface area (TPSA) is 74.6 Å². The van der Waals surface area contributed by atoms with Gasteiger partial charge >= 0.3 is 93.8 Å². The van der Waals surface area contributed by atoms with Gasteiger partial charge in [0.05, 0.1) is 0 Å². The van der Waals surface area contributed by atoms with Crippen LogP contribution in [0.3, 0.4) is 0 Å². The van der Waals surface area contributed by atoms with Gasteiger partial charge in [0.15, 0.2) is 0 Å². The number of hydrogen-bond donors (Lipinski definition) is 2. The second-order valence-corrected chi connectivity index (χ2v) is 1.71. The van der Waals surface area contributed by atoms with E-state index in [9.17, 15) is 0 Å². The van der Waals surface area contributed by atoms with Crippen molar-refractivity contribution in [1.29, 1.82) is 0 Å². The molecule has 0 aromatic heterocycles. The van der Waals surface area contributed by atoms with Gasteiger partial charge in [-0.15, -0.1) is 0 Å². The molecule has 7 heteroatoms. The number of hydrogen-bond acceptors (Lipinski definition) is 2. The Balaban J connectivity index is -0.0000000800. The molecule has 39 valence electrons. The fraction of sp³-hybridized carbons (Fsp3) is 0. The molecule has 2 N–H and O–H groups in total. The van der Waals surface area contributed by atoms with E-state index in [-0.39, 0.29) is 64.3 Å². The summed E-state index contributed by atoms with van der Waals surface area (Å²) in [4.78, 5) is 0. The molecule has 0 spiro atoms. The van der Waals surface area contributed by atoms with Crippen molar-refractivity contribution in [1.82, 2.24) is 0 Å². The van der Waals surface area contributed by atoms with Gasteiger partial charge in [-0.3, -0.25) is 0 Å². The molecule has 0 amide bonds. The van der Waals surface area contributed by atoms with Crippen LogP contribution in [0.2, 0.25) is 0 Å². The van der Waals surface area contributed by atoms with Crippen LogP contribution in [0.15, 0.2) is 0 Å². The van der Waals surface area contributed by atoms with Gasteiger partial charge < -0.3 is 0 Å². The molecule has 0 saturated carbocycles. The molecule has 0 heterocycles. The average molecular weight is 219 g/mol. The molecule has 0 aliphatic carbocycles. The third-order valence-electron chi connectivity index (χ3n) is 0. The molecule has 0 aromatic rings. The van der Waals surface area contributed by atoms with Crippen molar-refractivity contribution in [3.63, 3.8) is 0 Å². The van der Waals surface area contributed by atoms with E-state index in [1.165, 1.54) is 0 Å². The summed E-state index contributed by atoms with van der Waals surface area (Å²) in [6.07, 6.45) is 0. The quantitative estimate of drug-likeness (QED) is 0.427. The van der Waals surface area contributed by atoms with Crippen molar-refractivity contribution in [3.8, 4) is 0 Å². The van der Waals surface area contributed by atoms with Crippen molar-refractivity contribution in [2.45, 2.75) is 0 Å². The van der Waals surface area contributed by atoms with E-state index >= 15 is 0 Å². The van der Waals surface area contributed by atoms with Crippen LogP contribution < -0.4 is 0 Å². The summed E-state index contributed by atoms with van der Waals surface area (Å²) in [7, 11) is 0. The van der Waals surface area contributed by atoms with E-state index in [1.54, 1.807) is 0 Å². The average Bonchev–Trinajstić information content (AvgIpc) is 0.722. The summed E-state index contributed by atoms with van der Waals surface area (Å²) in [6, 6.07) is 0. The normalized spacial score (nSPS) is 8.29. The molecule has 0 radical (unpaired) electrons. The molecule has 0 aromatic carbocycles. The first-order valence-corrected chi connectivity index (χ1v) is 2.67. The predicted molar refractivity (Wildman–Crippen MR) is 21.5 cm³/mol. The van der Waals surface area contributed by atoms with Crippen LogP contribution >= 0.6 is 0 Å². The van der Waals surface area contributed by atoms with Crippen LogP contribution in [0.5, 0.6) is 0 Å². The van der Waals surface area contributed by atoms with Gasteiger partial charge in [0.1, 0.15) is 0 Å². The fourth-order valence-corrected chi connectivity index (χ4v) is 0. The number of rotatable bonds is 0. The van der Waals surface area contributed by atoms with Crippen molar-refractivity contribution < 1.29 is 29.4 Å². The second kappa shape index (κ2) is 6.24. The molecule has 0 rings (SSSR count). The Hall–Kier alpha value is 2.12. The summed E-state index contributed by atoms with van der Waals surface area (Å²) in [6.45, 7) is 0. The van der Waals surface area contributed by atoms with Gasteiger partial charge in [0, 0.05) is 0 Å². The Morgan fingerprint density at radius 1 is 1.14 bits per heavy atom. The molecule has 0 aliphatic heterocycles. The molecule has 0 unspecified atom stereocenters. The summed E-state index contributed by atoms with van der Waals surface area (Å²) in [5.74, 6) is 0. The minimum absolute atomic E-state index is 0. The summed E-state index contributed by atoms with van der Waals surface area (Å²) >= 11 is -5.12. The molecule has 0 atom stereocenters. The SMILES string of the molecule is [LiH].[O]=[Mn](=[O])([OH])[OH].[SrH2]. The van der Waals surface area contributed by atoms with E-state index in [0.29, 0.717) is 0 Å². The van der Waals surface area contributed by atoms with E-state index in [4.69, 9.17) is 16.0 Å². The van der Waals surface area contributed by atoms with E-state index < -0.39 is 13.4 Å². The molecular weight excluding hydrogens is 213 g/mol. The summed E-state index contributed by atoms with van der Waals surface area (Å²) in [5.41, 5.74) is 0. The van der Waals surface area contributed by atoms with E-state index in [2.05, 4.69) is 0 Å². The van der Waals surface area contributed by atoms with Crippen LogP contribution in [0.4, 0.5) is 0 Å². The van der Waals surface area contributed by atoms with Crippen LogP contribution in [0.25, 0.3) is 0 Å². The summed E-state index contributed by atoms with van der Waals surface area (Å²) in [5, 5.41) is 0. The van der Waals surface area contributed by atoms with Crippen molar-refractivity contribution in [2.75, 3.05) is 0 Å². The van der Waals surface area contributed by atoms with Crippen molar-refractivity contribution in [3.05, 3.63) is 0 Å². The van der Waals surface area contributed by atoms with Crippen LogP contribution in [-0.4, -0.2) is 72.7 Å². The van der Waals surface area contributed by atoms with Gasteiger partial charge in [-0.1, -0.05) is 0 Å². The molecule has 0 saturated heterocycles. The monoisotopic (exact) mass is 219 g/mol.